The van der Waals surface area contributed by atoms with Crippen molar-refractivity contribution in [2.45, 2.75) is 24.6 Å². The molecule has 122 valence electrons. The molecule has 1 atom stereocenters. The van der Waals surface area contributed by atoms with Crippen LogP contribution in [0.15, 0.2) is 28.9 Å². The summed E-state index contributed by atoms with van der Waals surface area (Å²) in [6.07, 6.45) is 3.54. The molecule has 1 saturated heterocycles. The van der Waals surface area contributed by atoms with Gasteiger partial charge in [-0.15, -0.1) is 11.8 Å². The van der Waals surface area contributed by atoms with Crippen molar-refractivity contribution < 1.29 is 13.9 Å². The van der Waals surface area contributed by atoms with Gasteiger partial charge in [0.05, 0.1) is 18.1 Å². The van der Waals surface area contributed by atoms with Gasteiger partial charge in [-0.3, -0.25) is 4.79 Å². The SMILES string of the molecule is O=C(c1cc2n(n1)CCCO2)N1CCS[C@@H](c2ccco2)CC1. The maximum Gasteiger partial charge on any atom is 0.274 e. The highest BCUT2D eigenvalue weighted by atomic mass is 32.2. The number of ether oxygens (including phenoxy) is 1. The van der Waals surface area contributed by atoms with E-state index in [4.69, 9.17) is 9.15 Å². The summed E-state index contributed by atoms with van der Waals surface area (Å²) in [6, 6.07) is 5.69. The summed E-state index contributed by atoms with van der Waals surface area (Å²) in [4.78, 5) is 14.6. The highest BCUT2D eigenvalue weighted by molar-refractivity contribution is 7.99. The number of furan rings is 1. The number of hydrogen-bond donors (Lipinski definition) is 0. The van der Waals surface area contributed by atoms with Crippen molar-refractivity contribution in [3.63, 3.8) is 0 Å². The molecule has 0 aliphatic carbocycles. The molecule has 7 heteroatoms. The molecular formula is C16H19N3O3S. The van der Waals surface area contributed by atoms with E-state index in [0.29, 0.717) is 23.4 Å². The molecule has 0 N–H and O–H groups in total. The van der Waals surface area contributed by atoms with E-state index in [1.807, 2.05) is 28.8 Å². The van der Waals surface area contributed by atoms with Gasteiger partial charge in [0.1, 0.15) is 5.76 Å². The number of aromatic nitrogens is 2. The third kappa shape index (κ3) is 2.97. The van der Waals surface area contributed by atoms with Crippen molar-refractivity contribution >= 4 is 17.7 Å². The van der Waals surface area contributed by atoms with E-state index in [9.17, 15) is 4.79 Å². The zero-order chi connectivity index (χ0) is 15.6. The molecule has 0 saturated carbocycles. The number of fused-ring (bicyclic) bond motifs is 1. The minimum atomic E-state index is -0.00352. The number of amides is 1. The van der Waals surface area contributed by atoms with Crippen molar-refractivity contribution in [3.05, 3.63) is 35.9 Å². The second kappa shape index (κ2) is 6.31. The molecule has 23 heavy (non-hydrogen) atoms. The number of carbonyl (C=O) groups is 1. The number of carbonyl (C=O) groups excluding carboxylic acids is 1. The zero-order valence-corrected chi connectivity index (χ0v) is 13.6. The van der Waals surface area contributed by atoms with Crippen LogP contribution in [0.25, 0.3) is 0 Å². The summed E-state index contributed by atoms with van der Waals surface area (Å²) in [6.45, 7) is 2.98. The van der Waals surface area contributed by atoms with E-state index in [-0.39, 0.29) is 5.91 Å². The maximum absolute atomic E-state index is 12.7. The van der Waals surface area contributed by atoms with Gasteiger partial charge in [-0.2, -0.15) is 5.10 Å². The van der Waals surface area contributed by atoms with E-state index in [1.54, 1.807) is 17.0 Å². The van der Waals surface area contributed by atoms with Gasteiger partial charge >= 0.3 is 0 Å². The molecule has 0 radical (unpaired) electrons. The lowest BCUT2D eigenvalue weighted by Gasteiger charge is -2.18. The van der Waals surface area contributed by atoms with Crippen LogP contribution in [0.2, 0.25) is 0 Å². The lowest BCUT2D eigenvalue weighted by Crippen LogP contribution is -2.33. The molecule has 6 nitrogen and oxygen atoms in total. The summed E-state index contributed by atoms with van der Waals surface area (Å²) in [7, 11) is 0. The minimum Gasteiger partial charge on any atom is -0.478 e. The van der Waals surface area contributed by atoms with E-state index in [1.165, 1.54) is 0 Å². The normalized spacial score (nSPS) is 21.4. The fraction of sp³-hybridized carbons (Fsp3) is 0.500. The smallest absolute Gasteiger partial charge is 0.274 e. The Labute approximate surface area is 138 Å². The Morgan fingerprint density at radius 1 is 1.35 bits per heavy atom. The van der Waals surface area contributed by atoms with Gasteiger partial charge < -0.3 is 14.1 Å². The van der Waals surface area contributed by atoms with E-state index in [0.717, 1.165) is 44.0 Å². The molecular weight excluding hydrogens is 314 g/mol. The molecule has 2 aliphatic heterocycles. The van der Waals surface area contributed by atoms with Crippen LogP contribution < -0.4 is 4.74 Å². The van der Waals surface area contributed by atoms with Gasteiger partial charge in [-0.05, 0) is 18.6 Å². The number of hydrogen-bond acceptors (Lipinski definition) is 5. The summed E-state index contributed by atoms with van der Waals surface area (Å²) in [5.41, 5.74) is 0.489. The molecule has 2 aliphatic rings. The molecule has 0 bridgehead atoms. The second-order valence-electron chi connectivity index (χ2n) is 5.75. The van der Waals surface area contributed by atoms with E-state index < -0.39 is 0 Å². The minimum absolute atomic E-state index is 0.00352. The Kier molecular flexibility index (Phi) is 4.03. The van der Waals surface area contributed by atoms with Crippen LogP contribution in [-0.4, -0.2) is 46.0 Å². The van der Waals surface area contributed by atoms with Crippen LogP contribution in [0, 0.1) is 0 Å². The number of rotatable bonds is 2. The molecule has 4 rings (SSSR count). The average molecular weight is 333 g/mol. The third-order valence-corrected chi connectivity index (χ3v) is 5.50. The number of aryl methyl sites for hydroxylation is 1. The lowest BCUT2D eigenvalue weighted by molar-refractivity contribution is 0.0759. The van der Waals surface area contributed by atoms with Crippen LogP contribution in [0.5, 0.6) is 5.88 Å². The van der Waals surface area contributed by atoms with Crippen LogP contribution in [0.1, 0.15) is 34.3 Å². The number of nitrogens with zero attached hydrogens (tertiary/aromatic N) is 3. The van der Waals surface area contributed by atoms with Crippen molar-refractivity contribution in [1.29, 1.82) is 0 Å². The summed E-state index contributed by atoms with van der Waals surface area (Å²) >= 11 is 1.85. The Morgan fingerprint density at radius 2 is 2.30 bits per heavy atom. The van der Waals surface area contributed by atoms with Gasteiger partial charge in [0.25, 0.3) is 5.91 Å². The van der Waals surface area contributed by atoms with Gasteiger partial charge in [0, 0.05) is 37.9 Å². The molecule has 1 amide bonds. The summed E-state index contributed by atoms with van der Waals surface area (Å²) in [5, 5.41) is 4.72. The standard InChI is InChI=1S/C16H19N3O3S/c20-16(12-11-15-19(17-12)5-2-9-22-15)18-6-4-14(23-10-7-18)13-3-1-8-21-13/h1,3,8,11,14H,2,4-7,9-10H2/t14-/m1/s1. The Balaban J connectivity index is 1.45. The predicted molar refractivity (Wildman–Crippen MR) is 86.8 cm³/mol. The monoisotopic (exact) mass is 333 g/mol. The van der Waals surface area contributed by atoms with E-state index in [2.05, 4.69) is 5.10 Å². The predicted octanol–water partition coefficient (Wildman–Crippen LogP) is 2.58. The first-order valence-electron chi connectivity index (χ1n) is 7.96. The molecule has 2 aromatic rings. The third-order valence-electron chi connectivity index (χ3n) is 4.22. The fourth-order valence-corrected chi connectivity index (χ4v) is 4.19. The first-order chi connectivity index (χ1) is 11.3. The zero-order valence-electron chi connectivity index (χ0n) is 12.8. The largest absolute Gasteiger partial charge is 0.478 e. The Bertz CT molecular complexity index is 659. The molecule has 0 spiro atoms. The van der Waals surface area contributed by atoms with Crippen molar-refractivity contribution in [3.8, 4) is 5.88 Å². The maximum atomic E-state index is 12.7. The average Bonchev–Trinajstić information content (AvgIpc) is 3.19. The van der Waals surface area contributed by atoms with Gasteiger partial charge in [0.2, 0.25) is 5.88 Å². The first-order valence-corrected chi connectivity index (χ1v) is 9.01. The van der Waals surface area contributed by atoms with Crippen molar-refractivity contribution in [2.24, 2.45) is 0 Å². The van der Waals surface area contributed by atoms with Crippen LogP contribution in [0.4, 0.5) is 0 Å². The van der Waals surface area contributed by atoms with Crippen molar-refractivity contribution in [2.75, 3.05) is 25.4 Å². The van der Waals surface area contributed by atoms with Gasteiger partial charge in [-0.1, -0.05) is 0 Å². The highest BCUT2D eigenvalue weighted by Gasteiger charge is 2.26. The molecule has 2 aromatic heterocycles. The summed E-state index contributed by atoms with van der Waals surface area (Å²) < 4.78 is 12.8. The van der Waals surface area contributed by atoms with Gasteiger partial charge in [0.15, 0.2) is 5.69 Å². The number of thioether (sulfide) groups is 1. The molecule has 0 aromatic carbocycles. The summed E-state index contributed by atoms with van der Waals surface area (Å²) in [5.74, 6) is 2.60. The van der Waals surface area contributed by atoms with E-state index >= 15 is 0 Å². The first kappa shape index (κ1) is 14.7. The Hall–Kier alpha value is -1.89. The Morgan fingerprint density at radius 3 is 3.13 bits per heavy atom. The van der Waals surface area contributed by atoms with Crippen molar-refractivity contribution in [1.82, 2.24) is 14.7 Å². The second-order valence-corrected chi connectivity index (χ2v) is 7.06. The quantitative estimate of drug-likeness (QED) is 0.845. The molecule has 4 heterocycles. The van der Waals surface area contributed by atoms with Gasteiger partial charge in [-0.25, -0.2) is 4.68 Å². The molecule has 1 fully saturated rings. The van der Waals surface area contributed by atoms with Crippen LogP contribution in [0.3, 0.4) is 0 Å². The lowest BCUT2D eigenvalue weighted by atomic mass is 10.2. The topological polar surface area (TPSA) is 60.5 Å². The highest BCUT2D eigenvalue weighted by Crippen LogP contribution is 2.34. The van der Waals surface area contributed by atoms with Crippen LogP contribution in [-0.2, 0) is 6.54 Å². The van der Waals surface area contributed by atoms with Crippen LogP contribution >= 0.6 is 11.8 Å². The molecule has 0 unspecified atom stereocenters. The fourth-order valence-electron chi connectivity index (χ4n) is 3.01.